The highest BCUT2D eigenvalue weighted by Gasteiger charge is 2.18. The van der Waals surface area contributed by atoms with Crippen molar-refractivity contribution in [1.82, 2.24) is 4.98 Å². The molecule has 0 spiro atoms. The van der Waals surface area contributed by atoms with Crippen molar-refractivity contribution in [2.45, 2.75) is 4.90 Å². The van der Waals surface area contributed by atoms with E-state index in [0.29, 0.717) is 31.9 Å². The summed E-state index contributed by atoms with van der Waals surface area (Å²) in [4.78, 5) is 4.22. The molecule has 1 aromatic heterocycles. The Morgan fingerprint density at radius 1 is 1.12 bits per heavy atom. The van der Waals surface area contributed by atoms with E-state index in [1.165, 1.54) is 37.7 Å². The Morgan fingerprint density at radius 2 is 1.92 bits per heavy atom. The number of hydrogen-bond donors (Lipinski definition) is 1. The second kappa shape index (κ2) is 6.46. The quantitative estimate of drug-likeness (QED) is 0.724. The Hall–Kier alpha value is -2.03. The van der Waals surface area contributed by atoms with Gasteiger partial charge in [-0.1, -0.05) is 11.6 Å². The molecular formula is C15H13ClN2O4S2. The Balaban J connectivity index is 1.98. The normalized spacial score (nSPS) is 11.5. The van der Waals surface area contributed by atoms with Gasteiger partial charge in [0, 0.05) is 6.07 Å². The number of fused-ring (bicyclic) bond motifs is 1. The highest BCUT2D eigenvalue weighted by Crippen LogP contribution is 2.32. The zero-order valence-corrected chi connectivity index (χ0v) is 15.1. The molecule has 0 radical (unpaired) electrons. The number of nitrogens with one attached hydrogen (secondary N) is 1. The third-order valence-electron chi connectivity index (χ3n) is 3.30. The van der Waals surface area contributed by atoms with Crippen LogP contribution in [0.15, 0.2) is 41.3 Å². The van der Waals surface area contributed by atoms with Gasteiger partial charge in [-0.2, -0.15) is 0 Å². The first-order chi connectivity index (χ1) is 11.4. The average molecular weight is 385 g/mol. The molecule has 0 saturated carbocycles. The van der Waals surface area contributed by atoms with Crippen molar-refractivity contribution in [1.29, 1.82) is 0 Å². The summed E-state index contributed by atoms with van der Waals surface area (Å²) in [5, 5.41) is 0. The highest BCUT2D eigenvalue weighted by atomic mass is 35.5. The van der Waals surface area contributed by atoms with Crippen LogP contribution in [0.5, 0.6) is 11.5 Å². The number of nitrogens with zero attached hydrogens (tertiary/aromatic N) is 1. The van der Waals surface area contributed by atoms with Crippen molar-refractivity contribution in [3.8, 4) is 11.5 Å². The van der Waals surface area contributed by atoms with E-state index in [1.807, 2.05) is 0 Å². The summed E-state index contributed by atoms with van der Waals surface area (Å²) in [5.74, 6) is 0.926. The Kier molecular flexibility index (Phi) is 4.53. The van der Waals surface area contributed by atoms with Crippen LogP contribution in [0.25, 0.3) is 10.2 Å². The van der Waals surface area contributed by atoms with Gasteiger partial charge in [0.2, 0.25) is 0 Å². The maximum atomic E-state index is 12.6. The second-order valence-electron chi connectivity index (χ2n) is 4.77. The molecule has 0 aliphatic heterocycles. The van der Waals surface area contributed by atoms with Crippen molar-refractivity contribution in [2.24, 2.45) is 0 Å². The average Bonchev–Trinajstić information content (AvgIpc) is 2.94. The molecule has 0 aliphatic carbocycles. The maximum absolute atomic E-state index is 12.6. The van der Waals surface area contributed by atoms with E-state index in [0.717, 1.165) is 0 Å². The number of hydrogen-bond acceptors (Lipinski definition) is 6. The number of thiazole rings is 1. The SMILES string of the molecule is COc1ccc(NS(=O)(=O)c2ccc3nc(Cl)sc3c2)c(OC)c1. The Morgan fingerprint density at radius 3 is 2.62 bits per heavy atom. The molecule has 0 atom stereocenters. The van der Waals surface area contributed by atoms with Crippen LogP contribution in [0.4, 0.5) is 5.69 Å². The predicted octanol–water partition coefficient (Wildman–Crippen LogP) is 3.77. The van der Waals surface area contributed by atoms with Crippen molar-refractivity contribution < 1.29 is 17.9 Å². The van der Waals surface area contributed by atoms with Gasteiger partial charge in [-0.25, -0.2) is 13.4 Å². The smallest absolute Gasteiger partial charge is 0.262 e. The van der Waals surface area contributed by atoms with E-state index < -0.39 is 10.0 Å². The first-order valence-electron chi connectivity index (χ1n) is 6.74. The number of rotatable bonds is 5. The molecule has 3 rings (SSSR count). The molecule has 1 heterocycles. The lowest BCUT2D eigenvalue weighted by molar-refractivity contribution is 0.395. The van der Waals surface area contributed by atoms with Gasteiger partial charge in [0.1, 0.15) is 11.5 Å². The summed E-state index contributed by atoms with van der Waals surface area (Å²) >= 11 is 7.08. The zero-order chi connectivity index (χ0) is 17.3. The summed E-state index contributed by atoms with van der Waals surface area (Å²) in [7, 11) is -0.805. The Labute approximate surface area is 148 Å². The van der Waals surface area contributed by atoms with Crippen LogP contribution in [-0.2, 0) is 10.0 Å². The summed E-state index contributed by atoms with van der Waals surface area (Å²) in [6, 6.07) is 9.47. The first kappa shape index (κ1) is 16.8. The van der Waals surface area contributed by atoms with Crippen LogP contribution in [0.2, 0.25) is 4.47 Å². The van der Waals surface area contributed by atoms with Crippen LogP contribution in [0, 0.1) is 0 Å². The lowest BCUT2D eigenvalue weighted by Gasteiger charge is -2.13. The highest BCUT2D eigenvalue weighted by molar-refractivity contribution is 7.92. The van der Waals surface area contributed by atoms with Gasteiger partial charge >= 0.3 is 0 Å². The maximum Gasteiger partial charge on any atom is 0.262 e. The summed E-state index contributed by atoms with van der Waals surface area (Å²) in [6.07, 6.45) is 0. The topological polar surface area (TPSA) is 77.5 Å². The van der Waals surface area contributed by atoms with Crippen LogP contribution >= 0.6 is 22.9 Å². The van der Waals surface area contributed by atoms with Crippen molar-refractivity contribution in [2.75, 3.05) is 18.9 Å². The van der Waals surface area contributed by atoms with Gasteiger partial charge in [0.05, 0.1) is 35.0 Å². The van der Waals surface area contributed by atoms with Crippen molar-refractivity contribution in [3.63, 3.8) is 0 Å². The van der Waals surface area contributed by atoms with Crippen LogP contribution in [-0.4, -0.2) is 27.6 Å². The monoisotopic (exact) mass is 384 g/mol. The van der Waals surface area contributed by atoms with E-state index in [-0.39, 0.29) is 4.90 Å². The molecule has 2 aromatic carbocycles. The fraction of sp³-hybridized carbons (Fsp3) is 0.133. The van der Waals surface area contributed by atoms with Gasteiger partial charge in [0.25, 0.3) is 10.0 Å². The first-order valence-corrected chi connectivity index (χ1v) is 9.41. The number of methoxy groups -OCH3 is 2. The van der Waals surface area contributed by atoms with E-state index in [9.17, 15) is 8.42 Å². The molecule has 24 heavy (non-hydrogen) atoms. The minimum Gasteiger partial charge on any atom is -0.497 e. The van der Waals surface area contributed by atoms with E-state index in [1.54, 1.807) is 24.3 Å². The van der Waals surface area contributed by atoms with Gasteiger partial charge in [-0.3, -0.25) is 4.72 Å². The molecule has 0 saturated heterocycles. The fourth-order valence-electron chi connectivity index (χ4n) is 2.13. The molecule has 0 fully saturated rings. The van der Waals surface area contributed by atoms with Crippen molar-refractivity contribution >= 4 is 48.9 Å². The van der Waals surface area contributed by atoms with Crippen LogP contribution in [0.1, 0.15) is 0 Å². The molecule has 3 aromatic rings. The summed E-state index contributed by atoms with van der Waals surface area (Å²) in [5.41, 5.74) is 0.978. The molecule has 6 nitrogen and oxygen atoms in total. The Bertz CT molecular complexity index is 1000. The third-order valence-corrected chi connectivity index (χ3v) is 5.78. The van der Waals surface area contributed by atoms with Gasteiger partial charge in [-0.15, -0.1) is 11.3 Å². The summed E-state index contributed by atoms with van der Waals surface area (Å²) in [6.45, 7) is 0. The molecule has 0 aliphatic rings. The van der Waals surface area contributed by atoms with E-state index in [2.05, 4.69) is 9.71 Å². The number of halogens is 1. The van der Waals surface area contributed by atoms with Crippen LogP contribution < -0.4 is 14.2 Å². The van der Waals surface area contributed by atoms with Gasteiger partial charge in [-0.05, 0) is 30.3 Å². The third kappa shape index (κ3) is 3.26. The van der Waals surface area contributed by atoms with Crippen molar-refractivity contribution in [3.05, 3.63) is 40.9 Å². The lowest BCUT2D eigenvalue weighted by atomic mass is 10.3. The number of benzene rings is 2. The van der Waals surface area contributed by atoms with E-state index >= 15 is 0 Å². The molecule has 0 bridgehead atoms. The predicted molar refractivity (Wildman–Crippen MR) is 95.0 cm³/mol. The molecule has 9 heteroatoms. The molecule has 0 unspecified atom stereocenters. The van der Waals surface area contributed by atoms with Crippen LogP contribution in [0.3, 0.4) is 0 Å². The minimum absolute atomic E-state index is 0.119. The lowest BCUT2D eigenvalue weighted by Crippen LogP contribution is -2.13. The van der Waals surface area contributed by atoms with E-state index in [4.69, 9.17) is 21.1 Å². The second-order valence-corrected chi connectivity index (χ2v) is 8.06. The molecule has 1 N–H and O–H groups in total. The minimum atomic E-state index is -3.78. The number of aromatic nitrogens is 1. The zero-order valence-electron chi connectivity index (χ0n) is 12.7. The molecule has 126 valence electrons. The number of sulfonamides is 1. The number of anilines is 1. The van der Waals surface area contributed by atoms with Gasteiger partial charge < -0.3 is 9.47 Å². The largest absolute Gasteiger partial charge is 0.497 e. The molecular weight excluding hydrogens is 372 g/mol. The standard InChI is InChI=1S/C15H13ClN2O4S2/c1-21-9-3-5-11(13(7-9)22-2)18-24(19,20)10-4-6-12-14(8-10)23-15(16)17-12/h3-8,18H,1-2H3. The van der Waals surface area contributed by atoms with Gasteiger partial charge in [0.15, 0.2) is 4.47 Å². The fourth-order valence-corrected chi connectivity index (χ4v) is 4.37. The molecule has 0 amide bonds. The summed E-state index contributed by atoms with van der Waals surface area (Å²) < 4.78 is 39.2. The number of ether oxygens (including phenoxy) is 2.